The molecule has 0 aliphatic carbocycles. The predicted molar refractivity (Wildman–Crippen MR) is 51.0 cm³/mol. The maximum Gasteiger partial charge on any atom is 0.0310 e. The van der Waals surface area contributed by atoms with Crippen LogP contribution in [0.1, 0.15) is 4.88 Å². The number of thiophene rings is 1. The summed E-state index contributed by atoms with van der Waals surface area (Å²) in [6.45, 7) is 5.14. The minimum atomic E-state index is 0.654. The first-order valence-electron chi connectivity index (χ1n) is 3.35. The molecule has 0 amide bonds. The summed E-state index contributed by atoms with van der Waals surface area (Å²) in [4.78, 5) is 1.32. The predicted octanol–water partition coefficient (Wildman–Crippen LogP) is 2.59. The van der Waals surface area contributed by atoms with Crippen molar-refractivity contribution < 1.29 is 0 Å². The highest BCUT2D eigenvalue weighted by atomic mass is 35.5. The summed E-state index contributed by atoms with van der Waals surface area (Å²) in [6.07, 6.45) is 0. The van der Waals surface area contributed by atoms with Crippen LogP contribution in [0.25, 0.3) is 0 Å². The monoisotopic (exact) mass is 187 g/mol. The van der Waals surface area contributed by atoms with Gasteiger partial charge in [-0.1, -0.05) is 24.2 Å². The maximum absolute atomic E-state index is 5.56. The van der Waals surface area contributed by atoms with Crippen LogP contribution in [0.15, 0.2) is 29.1 Å². The van der Waals surface area contributed by atoms with Crippen molar-refractivity contribution in [1.82, 2.24) is 5.32 Å². The van der Waals surface area contributed by atoms with E-state index in [-0.39, 0.29) is 0 Å². The molecule has 1 nitrogen and oxygen atoms in total. The normalized spacial score (nSPS) is 9.91. The summed E-state index contributed by atoms with van der Waals surface area (Å²) < 4.78 is 0. The van der Waals surface area contributed by atoms with E-state index in [0.29, 0.717) is 11.6 Å². The lowest BCUT2D eigenvalue weighted by Crippen LogP contribution is -2.13. The Morgan fingerprint density at radius 2 is 2.55 bits per heavy atom. The van der Waals surface area contributed by atoms with Crippen LogP contribution < -0.4 is 5.32 Å². The molecule has 1 heterocycles. The summed E-state index contributed by atoms with van der Waals surface area (Å²) in [5, 5.41) is 5.88. The van der Waals surface area contributed by atoms with Crippen molar-refractivity contribution >= 4 is 22.9 Å². The minimum absolute atomic E-state index is 0.654. The van der Waals surface area contributed by atoms with Crippen molar-refractivity contribution in [3.05, 3.63) is 34.0 Å². The molecule has 0 unspecified atom stereocenters. The summed E-state index contributed by atoms with van der Waals surface area (Å²) >= 11 is 7.30. The molecule has 0 atom stereocenters. The van der Waals surface area contributed by atoms with Crippen molar-refractivity contribution in [2.75, 3.05) is 6.54 Å². The lowest BCUT2D eigenvalue weighted by Gasteiger charge is -1.99. The molecule has 60 valence electrons. The van der Waals surface area contributed by atoms with E-state index in [1.807, 2.05) is 6.07 Å². The molecular formula is C8H10ClNS. The fourth-order valence-corrected chi connectivity index (χ4v) is 1.50. The highest BCUT2D eigenvalue weighted by Crippen LogP contribution is 2.07. The van der Waals surface area contributed by atoms with Gasteiger partial charge in [0.2, 0.25) is 0 Å². The first kappa shape index (κ1) is 8.78. The molecule has 0 radical (unpaired) electrons. The second-order valence-electron chi connectivity index (χ2n) is 2.20. The van der Waals surface area contributed by atoms with Gasteiger partial charge in [-0.15, -0.1) is 11.3 Å². The summed E-state index contributed by atoms with van der Waals surface area (Å²) in [5.74, 6) is 0. The van der Waals surface area contributed by atoms with Crippen molar-refractivity contribution in [3.63, 3.8) is 0 Å². The number of hydrogen-bond donors (Lipinski definition) is 1. The molecule has 0 aliphatic rings. The smallest absolute Gasteiger partial charge is 0.0310 e. The molecule has 1 aromatic rings. The molecule has 0 aliphatic heterocycles. The number of rotatable bonds is 4. The van der Waals surface area contributed by atoms with Crippen molar-refractivity contribution in [2.45, 2.75) is 6.54 Å². The van der Waals surface area contributed by atoms with Crippen LogP contribution in [-0.2, 0) is 6.54 Å². The third kappa shape index (κ3) is 3.56. The van der Waals surface area contributed by atoms with Gasteiger partial charge in [-0.25, -0.2) is 0 Å². The zero-order valence-corrected chi connectivity index (χ0v) is 7.71. The van der Waals surface area contributed by atoms with E-state index >= 15 is 0 Å². The Bertz CT molecular complexity index is 218. The van der Waals surface area contributed by atoms with Crippen LogP contribution in [0.5, 0.6) is 0 Å². The van der Waals surface area contributed by atoms with Crippen LogP contribution >= 0.6 is 22.9 Å². The zero-order chi connectivity index (χ0) is 8.10. The first-order valence-corrected chi connectivity index (χ1v) is 4.61. The van der Waals surface area contributed by atoms with Crippen molar-refractivity contribution in [2.24, 2.45) is 0 Å². The van der Waals surface area contributed by atoms with Crippen molar-refractivity contribution in [1.29, 1.82) is 0 Å². The van der Waals surface area contributed by atoms with E-state index in [1.165, 1.54) is 4.88 Å². The molecule has 0 saturated carbocycles. The topological polar surface area (TPSA) is 12.0 Å². The van der Waals surface area contributed by atoms with Gasteiger partial charge in [-0.3, -0.25) is 0 Å². The summed E-state index contributed by atoms with van der Waals surface area (Å²) in [5.41, 5.74) is 0. The van der Waals surface area contributed by atoms with E-state index in [1.54, 1.807) is 11.3 Å². The van der Waals surface area contributed by atoms with Gasteiger partial charge in [-0.05, 0) is 11.4 Å². The van der Waals surface area contributed by atoms with Gasteiger partial charge >= 0.3 is 0 Å². The van der Waals surface area contributed by atoms with Crippen LogP contribution in [0, 0.1) is 0 Å². The van der Waals surface area contributed by atoms with Gasteiger partial charge in [0.15, 0.2) is 0 Å². The molecular weight excluding hydrogens is 178 g/mol. The number of hydrogen-bond acceptors (Lipinski definition) is 2. The first-order chi connectivity index (χ1) is 5.29. The van der Waals surface area contributed by atoms with E-state index in [0.717, 1.165) is 6.54 Å². The van der Waals surface area contributed by atoms with Gasteiger partial charge in [0.1, 0.15) is 0 Å². The SMILES string of the molecule is C=C(Cl)CNCc1cccs1. The van der Waals surface area contributed by atoms with E-state index in [9.17, 15) is 0 Å². The Labute approximate surface area is 75.7 Å². The Balaban J connectivity index is 2.19. The Morgan fingerprint density at radius 3 is 3.09 bits per heavy atom. The minimum Gasteiger partial charge on any atom is -0.307 e. The third-order valence-corrected chi connectivity index (χ3v) is 2.21. The molecule has 0 spiro atoms. The van der Waals surface area contributed by atoms with Gasteiger partial charge in [0.05, 0.1) is 0 Å². The zero-order valence-electron chi connectivity index (χ0n) is 6.14. The molecule has 3 heteroatoms. The molecule has 1 aromatic heterocycles. The van der Waals surface area contributed by atoms with E-state index in [4.69, 9.17) is 11.6 Å². The average molecular weight is 188 g/mol. The van der Waals surface area contributed by atoms with Crippen LogP contribution in [-0.4, -0.2) is 6.54 Å². The molecule has 1 rings (SSSR count). The van der Waals surface area contributed by atoms with Gasteiger partial charge < -0.3 is 5.32 Å². The Kier molecular flexibility index (Phi) is 3.63. The Hall–Kier alpha value is -0.310. The Morgan fingerprint density at radius 1 is 1.73 bits per heavy atom. The highest BCUT2D eigenvalue weighted by Gasteiger charge is 1.92. The van der Waals surface area contributed by atoms with Crippen LogP contribution in [0.3, 0.4) is 0 Å². The van der Waals surface area contributed by atoms with E-state index < -0.39 is 0 Å². The van der Waals surface area contributed by atoms with Crippen molar-refractivity contribution in [3.8, 4) is 0 Å². The highest BCUT2D eigenvalue weighted by molar-refractivity contribution is 7.09. The summed E-state index contributed by atoms with van der Waals surface area (Å²) in [6, 6.07) is 4.13. The standard InChI is InChI=1S/C8H10ClNS/c1-7(9)5-10-6-8-3-2-4-11-8/h2-4,10H,1,5-6H2. The van der Waals surface area contributed by atoms with Gasteiger partial charge in [0.25, 0.3) is 0 Å². The molecule has 1 N–H and O–H groups in total. The molecule has 0 fully saturated rings. The second kappa shape index (κ2) is 4.54. The fraction of sp³-hybridized carbons (Fsp3) is 0.250. The maximum atomic E-state index is 5.56. The molecule has 0 aromatic carbocycles. The lowest BCUT2D eigenvalue weighted by atomic mass is 10.4. The largest absolute Gasteiger partial charge is 0.307 e. The molecule has 0 saturated heterocycles. The fourth-order valence-electron chi connectivity index (χ4n) is 0.734. The number of nitrogens with one attached hydrogen (secondary N) is 1. The quantitative estimate of drug-likeness (QED) is 0.764. The van der Waals surface area contributed by atoms with Gasteiger partial charge in [-0.2, -0.15) is 0 Å². The lowest BCUT2D eigenvalue weighted by molar-refractivity contribution is 0.765. The van der Waals surface area contributed by atoms with Crippen LogP contribution in [0.2, 0.25) is 0 Å². The van der Waals surface area contributed by atoms with Gasteiger partial charge in [0, 0.05) is 23.0 Å². The third-order valence-electron chi connectivity index (χ3n) is 1.20. The average Bonchev–Trinajstić information content (AvgIpc) is 2.39. The van der Waals surface area contributed by atoms with E-state index in [2.05, 4.69) is 23.3 Å². The molecule has 0 bridgehead atoms. The molecule has 11 heavy (non-hydrogen) atoms. The van der Waals surface area contributed by atoms with Crippen LogP contribution in [0.4, 0.5) is 0 Å². The second-order valence-corrected chi connectivity index (χ2v) is 3.77. The number of halogens is 1. The summed E-state index contributed by atoms with van der Waals surface area (Å²) in [7, 11) is 0.